The Kier molecular flexibility index (Phi) is 2.70. The summed E-state index contributed by atoms with van der Waals surface area (Å²) in [6.45, 7) is 1.21. The van der Waals surface area contributed by atoms with Crippen LogP contribution in [0, 0.1) is 0 Å². The van der Waals surface area contributed by atoms with Crippen molar-refractivity contribution in [2.24, 2.45) is 0 Å². The average molecular weight is 159 g/mol. The lowest BCUT2D eigenvalue weighted by Crippen LogP contribution is -2.39. The van der Waals surface area contributed by atoms with E-state index in [9.17, 15) is 4.79 Å². The summed E-state index contributed by atoms with van der Waals surface area (Å²) >= 11 is 0. The number of aliphatic hydroxyl groups is 1. The third-order valence-corrected chi connectivity index (χ3v) is 1.90. The molecule has 4 nitrogen and oxygen atoms in total. The fourth-order valence-electron chi connectivity index (χ4n) is 1.18. The van der Waals surface area contributed by atoms with Crippen LogP contribution in [0.2, 0.25) is 0 Å². The Morgan fingerprint density at radius 1 is 1.55 bits per heavy atom. The molecule has 0 saturated carbocycles. The Morgan fingerprint density at radius 3 is 2.55 bits per heavy atom. The molecule has 1 fully saturated rings. The van der Waals surface area contributed by atoms with Gasteiger partial charge < -0.3 is 14.7 Å². The predicted molar refractivity (Wildman–Crippen MR) is 39.2 cm³/mol. The maximum atomic E-state index is 10.9. The lowest BCUT2D eigenvalue weighted by atomic mass is 10.1. The number of hydrogen-bond acceptors (Lipinski definition) is 3. The Labute approximate surface area is 65.8 Å². The lowest BCUT2D eigenvalue weighted by Gasteiger charge is -2.28. The molecule has 0 aromatic carbocycles. The van der Waals surface area contributed by atoms with Crippen LogP contribution in [0.25, 0.3) is 0 Å². The first kappa shape index (κ1) is 8.33. The Morgan fingerprint density at radius 2 is 2.09 bits per heavy atom. The van der Waals surface area contributed by atoms with E-state index < -0.39 is 0 Å². The fourth-order valence-corrected chi connectivity index (χ4v) is 1.18. The van der Waals surface area contributed by atoms with Gasteiger partial charge in [0.1, 0.15) is 0 Å². The van der Waals surface area contributed by atoms with E-state index in [-0.39, 0.29) is 12.2 Å². The highest BCUT2D eigenvalue weighted by Crippen LogP contribution is 2.10. The van der Waals surface area contributed by atoms with Crippen molar-refractivity contribution < 1.29 is 14.6 Å². The van der Waals surface area contributed by atoms with Gasteiger partial charge in [0.05, 0.1) is 13.2 Å². The maximum absolute atomic E-state index is 10.9. The van der Waals surface area contributed by atoms with Crippen molar-refractivity contribution >= 4 is 6.09 Å². The van der Waals surface area contributed by atoms with Crippen molar-refractivity contribution in [3.8, 4) is 0 Å². The first-order valence-corrected chi connectivity index (χ1v) is 3.75. The molecule has 0 unspecified atom stereocenters. The molecule has 0 aromatic heterocycles. The van der Waals surface area contributed by atoms with E-state index in [2.05, 4.69) is 4.74 Å². The molecule has 1 amide bonds. The van der Waals surface area contributed by atoms with Gasteiger partial charge in [0.25, 0.3) is 0 Å². The van der Waals surface area contributed by atoms with Crippen molar-refractivity contribution in [2.45, 2.75) is 18.9 Å². The van der Waals surface area contributed by atoms with Gasteiger partial charge in [-0.15, -0.1) is 0 Å². The molecule has 1 aliphatic heterocycles. The predicted octanol–water partition coefficient (Wildman–Crippen LogP) is 0.210. The molecule has 0 aliphatic carbocycles. The van der Waals surface area contributed by atoms with E-state index in [1.54, 1.807) is 4.90 Å². The highest BCUT2D eigenvalue weighted by atomic mass is 16.5. The molecule has 0 spiro atoms. The number of piperidine rings is 1. The Hall–Kier alpha value is -0.770. The molecular formula is C7H13NO3. The van der Waals surface area contributed by atoms with Crippen LogP contribution in [0.1, 0.15) is 12.8 Å². The van der Waals surface area contributed by atoms with Gasteiger partial charge in [0.15, 0.2) is 0 Å². The summed E-state index contributed by atoms with van der Waals surface area (Å²) in [6, 6.07) is 0. The van der Waals surface area contributed by atoms with Crippen molar-refractivity contribution in [1.29, 1.82) is 0 Å². The molecule has 1 aliphatic rings. The van der Waals surface area contributed by atoms with Gasteiger partial charge in [-0.2, -0.15) is 0 Å². The van der Waals surface area contributed by atoms with Crippen LogP contribution in [0.3, 0.4) is 0 Å². The fraction of sp³-hybridized carbons (Fsp3) is 0.857. The lowest BCUT2D eigenvalue weighted by molar-refractivity contribution is 0.0686. The zero-order valence-electron chi connectivity index (χ0n) is 6.62. The summed E-state index contributed by atoms with van der Waals surface area (Å²) < 4.78 is 4.53. The highest BCUT2D eigenvalue weighted by molar-refractivity contribution is 5.67. The van der Waals surface area contributed by atoms with E-state index in [0.29, 0.717) is 25.9 Å². The van der Waals surface area contributed by atoms with Gasteiger partial charge in [-0.1, -0.05) is 0 Å². The summed E-state index contributed by atoms with van der Waals surface area (Å²) in [6.07, 6.45) is 0.789. The monoisotopic (exact) mass is 159 g/mol. The number of carbonyl (C=O) groups excluding carboxylic acids is 1. The highest BCUT2D eigenvalue weighted by Gasteiger charge is 2.20. The van der Waals surface area contributed by atoms with Crippen molar-refractivity contribution in [3.63, 3.8) is 0 Å². The normalized spacial score (nSPS) is 20.0. The largest absolute Gasteiger partial charge is 0.453 e. The molecule has 0 bridgehead atoms. The third kappa shape index (κ3) is 2.08. The Balaban J connectivity index is 2.33. The summed E-state index contributed by atoms with van der Waals surface area (Å²) in [7, 11) is 1.37. The molecule has 0 atom stereocenters. The number of carbonyl (C=O) groups is 1. The van der Waals surface area contributed by atoms with Gasteiger partial charge in [-0.3, -0.25) is 0 Å². The molecule has 0 radical (unpaired) electrons. The molecule has 4 heteroatoms. The number of amides is 1. The van der Waals surface area contributed by atoms with E-state index in [1.165, 1.54) is 7.11 Å². The van der Waals surface area contributed by atoms with E-state index >= 15 is 0 Å². The molecule has 64 valence electrons. The quantitative estimate of drug-likeness (QED) is 0.549. The molecule has 1 N–H and O–H groups in total. The second kappa shape index (κ2) is 3.57. The van der Waals surface area contributed by atoms with Crippen molar-refractivity contribution in [2.75, 3.05) is 20.2 Å². The first-order chi connectivity index (χ1) is 5.24. The van der Waals surface area contributed by atoms with Crippen LogP contribution in [0.5, 0.6) is 0 Å². The first-order valence-electron chi connectivity index (χ1n) is 3.75. The summed E-state index contributed by atoms with van der Waals surface area (Å²) in [5.41, 5.74) is 0. The van der Waals surface area contributed by atoms with Crippen LogP contribution in [-0.4, -0.2) is 42.4 Å². The maximum Gasteiger partial charge on any atom is 0.409 e. The van der Waals surface area contributed by atoms with Crippen molar-refractivity contribution in [1.82, 2.24) is 4.90 Å². The van der Waals surface area contributed by atoms with Gasteiger partial charge >= 0.3 is 6.09 Å². The van der Waals surface area contributed by atoms with Crippen LogP contribution in [-0.2, 0) is 4.74 Å². The van der Waals surface area contributed by atoms with E-state index in [0.717, 1.165) is 0 Å². The van der Waals surface area contributed by atoms with Crippen LogP contribution >= 0.6 is 0 Å². The minimum Gasteiger partial charge on any atom is -0.453 e. The standard InChI is InChI=1S/C7H13NO3/c1-11-7(10)8-4-2-6(9)3-5-8/h6,9H,2-5H2,1H3. The van der Waals surface area contributed by atoms with Crippen molar-refractivity contribution in [3.05, 3.63) is 0 Å². The van der Waals surface area contributed by atoms with E-state index in [4.69, 9.17) is 5.11 Å². The number of rotatable bonds is 0. The zero-order chi connectivity index (χ0) is 8.27. The second-order valence-corrected chi connectivity index (χ2v) is 2.69. The Bertz CT molecular complexity index is 141. The van der Waals surface area contributed by atoms with Gasteiger partial charge in [-0.25, -0.2) is 4.79 Å². The van der Waals surface area contributed by atoms with Gasteiger partial charge in [0.2, 0.25) is 0 Å². The number of hydrogen-bond donors (Lipinski definition) is 1. The molecular weight excluding hydrogens is 146 g/mol. The molecule has 0 aromatic rings. The number of ether oxygens (including phenoxy) is 1. The molecule has 1 heterocycles. The zero-order valence-corrected chi connectivity index (χ0v) is 6.62. The summed E-state index contributed by atoms with van der Waals surface area (Å²) in [4.78, 5) is 12.5. The third-order valence-electron chi connectivity index (χ3n) is 1.90. The summed E-state index contributed by atoms with van der Waals surface area (Å²) in [5.74, 6) is 0. The molecule has 1 saturated heterocycles. The molecule has 1 rings (SSSR count). The van der Waals surface area contributed by atoms with Gasteiger partial charge in [-0.05, 0) is 12.8 Å². The minimum absolute atomic E-state index is 0.240. The number of methoxy groups -OCH3 is 1. The molecule has 11 heavy (non-hydrogen) atoms. The average Bonchev–Trinajstić information content (AvgIpc) is 2.05. The number of aliphatic hydroxyl groups excluding tert-OH is 1. The number of likely N-dealkylation sites (tertiary alicyclic amines) is 1. The minimum atomic E-state index is -0.295. The number of nitrogens with zero attached hydrogens (tertiary/aromatic N) is 1. The SMILES string of the molecule is COC(=O)N1CCC(O)CC1. The second-order valence-electron chi connectivity index (χ2n) is 2.69. The van der Waals surface area contributed by atoms with Crippen LogP contribution in [0.4, 0.5) is 4.79 Å². The summed E-state index contributed by atoms with van der Waals surface area (Å²) in [5, 5.41) is 9.10. The van der Waals surface area contributed by atoms with E-state index in [1.807, 2.05) is 0 Å². The van der Waals surface area contributed by atoms with Gasteiger partial charge in [0, 0.05) is 13.1 Å². The van der Waals surface area contributed by atoms with Crippen LogP contribution in [0.15, 0.2) is 0 Å². The smallest absolute Gasteiger partial charge is 0.409 e. The topological polar surface area (TPSA) is 49.8 Å². The van der Waals surface area contributed by atoms with Crippen LogP contribution < -0.4 is 0 Å².